The minimum atomic E-state index is -0.643. The van der Waals surface area contributed by atoms with Gasteiger partial charge in [-0.05, 0) is 53.6 Å². The van der Waals surface area contributed by atoms with Crippen molar-refractivity contribution >= 4 is 23.3 Å². The van der Waals surface area contributed by atoms with E-state index >= 15 is 0 Å². The van der Waals surface area contributed by atoms with Crippen molar-refractivity contribution in [1.82, 2.24) is 4.98 Å². The van der Waals surface area contributed by atoms with Crippen molar-refractivity contribution in [2.75, 3.05) is 10.6 Å². The monoisotopic (exact) mass is 562 g/mol. The fourth-order valence-electron chi connectivity index (χ4n) is 4.41. The van der Waals surface area contributed by atoms with Gasteiger partial charge in [-0.15, -0.1) is 0 Å². The first kappa shape index (κ1) is 27.8. The minimum absolute atomic E-state index is 0.000198. The number of quaternary nitrogens is 1. The molecule has 0 bridgehead atoms. The summed E-state index contributed by atoms with van der Waals surface area (Å²) in [7, 11) is 0. The number of phenolic OH excluding ortho intramolecular Hbond substituents is 1. The number of rotatable bonds is 8. The van der Waals surface area contributed by atoms with Crippen molar-refractivity contribution in [3.05, 3.63) is 120 Å². The Balaban J connectivity index is 1.53. The molecule has 0 aliphatic rings. The molecule has 0 spiro atoms. The summed E-state index contributed by atoms with van der Waals surface area (Å²) in [4.78, 5) is 30.2. The second-order valence-corrected chi connectivity index (χ2v) is 9.44. The molecule has 2 amide bonds. The number of phenols is 1. The summed E-state index contributed by atoms with van der Waals surface area (Å²) in [5.74, 6) is -2.03. The first-order valence-corrected chi connectivity index (χ1v) is 12.9. The van der Waals surface area contributed by atoms with Gasteiger partial charge in [-0.1, -0.05) is 42.5 Å². The van der Waals surface area contributed by atoms with Crippen molar-refractivity contribution in [2.24, 2.45) is 0 Å². The highest BCUT2D eigenvalue weighted by Crippen LogP contribution is 2.36. The molecule has 42 heavy (non-hydrogen) atoms. The molecule has 2 aromatic heterocycles. The Labute approximate surface area is 240 Å². The molecule has 3 aromatic carbocycles. The van der Waals surface area contributed by atoms with E-state index in [0.717, 1.165) is 17.7 Å². The van der Waals surface area contributed by atoms with Gasteiger partial charge in [0.05, 0.1) is 12.0 Å². The second kappa shape index (κ2) is 12.2. The molecule has 0 saturated heterocycles. The van der Waals surface area contributed by atoms with Crippen LogP contribution in [0.4, 0.5) is 15.9 Å². The van der Waals surface area contributed by atoms with E-state index in [2.05, 4.69) is 27.4 Å². The number of carbonyl (C=O) groups is 2. The summed E-state index contributed by atoms with van der Waals surface area (Å²) >= 11 is 0. The standard InChI is InChI=1S/C32H24FN5O4/c33-21-11-12-23(28(39)16-21)27-17-24(25(18-34)30(37-27)38-32(41)29-10-5-13-42-29)20-8-4-9-22(15-20)36-31(40)26(35)14-19-6-2-1-3-7-19/h1-13,15-17,26,39H,14,35H2,(H,36,40)(H,37,38,41)/p+1/t26-/m1/s1. The molecule has 9 nitrogen and oxygen atoms in total. The predicted molar refractivity (Wildman–Crippen MR) is 154 cm³/mol. The summed E-state index contributed by atoms with van der Waals surface area (Å²) in [5, 5.41) is 26.1. The van der Waals surface area contributed by atoms with Gasteiger partial charge in [0.15, 0.2) is 17.6 Å². The molecule has 0 radical (unpaired) electrons. The molecule has 0 fully saturated rings. The Kier molecular flexibility index (Phi) is 8.04. The quantitative estimate of drug-likeness (QED) is 0.213. The van der Waals surface area contributed by atoms with Gasteiger partial charge < -0.3 is 25.9 Å². The molecule has 5 rings (SSSR count). The fourth-order valence-corrected chi connectivity index (χ4v) is 4.41. The maximum atomic E-state index is 13.7. The van der Waals surface area contributed by atoms with Crippen LogP contribution >= 0.6 is 0 Å². The average molecular weight is 563 g/mol. The number of aromatic nitrogens is 1. The third-order valence-corrected chi connectivity index (χ3v) is 6.48. The van der Waals surface area contributed by atoms with Crippen molar-refractivity contribution in [3.8, 4) is 34.2 Å². The fraction of sp³-hybridized carbons (Fsp3) is 0.0625. The number of amides is 2. The summed E-state index contributed by atoms with van der Waals surface area (Å²) in [6, 6.07) is 25.9. The van der Waals surface area contributed by atoms with Gasteiger partial charge in [0.2, 0.25) is 0 Å². The van der Waals surface area contributed by atoms with Crippen LogP contribution in [0.2, 0.25) is 0 Å². The van der Waals surface area contributed by atoms with Crippen LogP contribution in [0.15, 0.2) is 102 Å². The summed E-state index contributed by atoms with van der Waals surface area (Å²) in [6.07, 6.45) is 1.79. The third kappa shape index (κ3) is 6.17. The summed E-state index contributed by atoms with van der Waals surface area (Å²) < 4.78 is 18.9. The van der Waals surface area contributed by atoms with Crippen LogP contribution in [0.3, 0.4) is 0 Å². The molecule has 2 heterocycles. The molecule has 1 atom stereocenters. The minimum Gasteiger partial charge on any atom is -0.507 e. The van der Waals surface area contributed by atoms with E-state index < -0.39 is 17.8 Å². The van der Waals surface area contributed by atoms with Crippen LogP contribution in [0, 0.1) is 17.1 Å². The zero-order chi connectivity index (χ0) is 29.6. The lowest BCUT2D eigenvalue weighted by atomic mass is 9.97. The Morgan fingerprint density at radius 2 is 1.79 bits per heavy atom. The van der Waals surface area contributed by atoms with Crippen LogP contribution in [0.5, 0.6) is 5.75 Å². The van der Waals surface area contributed by atoms with Crippen LogP contribution in [-0.2, 0) is 11.2 Å². The third-order valence-electron chi connectivity index (χ3n) is 6.48. The maximum absolute atomic E-state index is 13.7. The highest BCUT2D eigenvalue weighted by molar-refractivity contribution is 6.03. The van der Waals surface area contributed by atoms with Gasteiger partial charge in [-0.25, -0.2) is 9.37 Å². The lowest BCUT2D eigenvalue weighted by Gasteiger charge is -2.15. The number of anilines is 2. The molecule has 0 saturated carbocycles. The van der Waals surface area contributed by atoms with E-state index in [4.69, 9.17) is 4.42 Å². The average Bonchev–Trinajstić information content (AvgIpc) is 3.53. The lowest BCUT2D eigenvalue weighted by molar-refractivity contribution is -0.402. The number of nitriles is 1. The SMILES string of the molecule is N#Cc1c(-c2cccc(NC(=O)[C@H]([NH3+])Cc3ccccc3)c2)cc(-c2ccc(F)cc2O)nc1NC(=O)c1ccco1. The molecule has 6 N–H and O–H groups in total. The van der Waals surface area contributed by atoms with Gasteiger partial charge in [0.25, 0.3) is 11.8 Å². The van der Waals surface area contributed by atoms with Gasteiger partial charge in [-0.3, -0.25) is 9.59 Å². The number of benzene rings is 3. The Hall–Kier alpha value is -5.79. The molecule has 0 unspecified atom stereocenters. The van der Waals surface area contributed by atoms with E-state index in [-0.39, 0.29) is 40.1 Å². The normalized spacial score (nSPS) is 11.4. The number of hydrogen-bond acceptors (Lipinski definition) is 6. The zero-order valence-corrected chi connectivity index (χ0v) is 22.2. The van der Waals surface area contributed by atoms with Gasteiger partial charge >= 0.3 is 0 Å². The smallest absolute Gasteiger partial charge is 0.292 e. The Morgan fingerprint density at radius 1 is 0.976 bits per heavy atom. The molecule has 0 aliphatic carbocycles. The highest BCUT2D eigenvalue weighted by atomic mass is 19.1. The maximum Gasteiger partial charge on any atom is 0.292 e. The van der Waals surface area contributed by atoms with E-state index in [0.29, 0.717) is 23.2 Å². The predicted octanol–water partition coefficient (Wildman–Crippen LogP) is 4.77. The first-order valence-electron chi connectivity index (χ1n) is 12.9. The van der Waals surface area contributed by atoms with Crippen molar-refractivity contribution < 1.29 is 29.2 Å². The molecule has 5 aromatic rings. The van der Waals surface area contributed by atoms with Gasteiger partial charge in [0, 0.05) is 29.3 Å². The topological polar surface area (TPSA) is 156 Å². The number of pyridine rings is 1. The van der Waals surface area contributed by atoms with Crippen LogP contribution in [0.25, 0.3) is 22.4 Å². The van der Waals surface area contributed by atoms with Crippen LogP contribution < -0.4 is 16.4 Å². The number of nitrogens with one attached hydrogen (secondary N) is 2. The largest absolute Gasteiger partial charge is 0.507 e. The first-order chi connectivity index (χ1) is 20.3. The lowest BCUT2D eigenvalue weighted by Crippen LogP contribution is -2.67. The van der Waals surface area contributed by atoms with Crippen LogP contribution in [0.1, 0.15) is 21.7 Å². The van der Waals surface area contributed by atoms with Crippen molar-refractivity contribution in [2.45, 2.75) is 12.5 Å². The van der Waals surface area contributed by atoms with E-state index in [1.54, 1.807) is 36.4 Å². The molecule has 208 valence electrons. The zero-order valence-electron chi connectivity index (χ0n) is 22.2. The highest BCUT2D eigenvalue weighted by Gasteiger charge is 2.22. The molecule has 10 heteroatoms. The second-order valence-electron chi connectivity index (χ2n) is 9.44. The number of nitrogens with zero attached hydrogens (tertiary/aromatic N) is 2. The molecular weight excluding hydrogens is 537 g/mol. The molecule has 0 aliphatic heterocycles. The number of hydrogen-bond donors (Lipinski definition) is 4. The van der Waals surface area contributed by atoms with E-state index in [1.807, 2.05) is 30.3 Å². The van der Waals surface area contributed by atoms with Gasteiger partial charge in [0.1, 0.15) is 23.2 Å². The summed E-state index contributed by atoms with van der Waals surface area (Å²) in [6.45, 7) is 0. The van der Waals surface area contributed by atoms with Crippen molar-refractivity contribution in [3.63, 3.8) is 0 Å². The van der Waals surface area contributed by atoms with Gasteiger partial charge in [-0.2, -0.15) is 5.26 Å². The van der Waals surface area contributed by atoms with Crippen LogP contribution in [-0.4, -0.2) is 27.9 Å². The molecular formula is C32H25FN5O4+. The van der Waals surface area contributed by atoms with E-state index in [9.17, 15) is 24.3 Å². The number of furan rings is 1. The van der Waals surface area contributed by atoms with E-state index in [1.165, 1.54) is 18.4 Å². The Bertz CT molecular complexity index is 1800. The summed E-state index contributed by atoms with van der Waals surface area (Å²) in [5.41, 5.74) is 6.70. The number of aromatic hydroxyl groups is 1. The Morgan fingerprint density at radius 3 is 2.50 bits per heavy atom. The number of carbonyl (C=O) groups excluding carboxylic acids is 2. The van der Waals surface area contributed by atoms with Crippen molar-refractivity contribution in [1.29, 1.82) is 5.26 Å². The number of halogens is 1.